The minimum atomic E-state index is 0.0558. The van der Waals surface area contributed by atoms with Crippen LogP contribution in [-0.4, -0.2) is 52.5 Å². The molecular formula is C11H16ClN5O2. The number of hydrogen-bond acceptors (Lipinski definition) is 6. The first kappa shape index (κ1) is 13.8. The summed E-state index contributed by atoms with van der Waals surface area (Å²) in [5.41, 5.74) is 0. The van der Waals surface area contributed by atoms with E-state index >= 15 is 0 Å². The third kappa shape index (κ3) is 3.92. The minimum absolute atomic E-state index is 0.0558. The summed E-state index contributed by atoms with van der Waals surface area (Å²) in [6.45, 7) is 2.19. The molecule has 1 amide bonds. The molecule has 19 heavy (non-hydrogen) atoms. The van der Waals surface area contributed by atoms with E-state index in [0.29, 0.717) is 18.9 Å². The minimum Gasteiger partial charge on any atom is -0.467 e. The van der Waals surface area contributed by atoms with Crippen LogP contribution in [0.4, 0.5) is 5.95 Å². The molecule has 0 bridgehead atoms. The molecule has 1 fully saturated rings. The molecule has 1 aromatic heterocycles. The van der Waals surface area contributed by atoms with E-state index in [4.69, 9.17) is 16.3 Å². The van der Waals surface area contributed by atoms with Crippen LogP contribution in [0.15, 0.2) is 0 Å². The van der Waals surface area contributed by atoms with Gasteiger partial charge in [-0.1, -0.05) is 0 Å². The van der Waals surface area contributed by atoms with Crippen LogP contribution < -0.4 is 10.1 Å². The molecule has 2 heterocycles. The van der Waals surface area contributed by atoms with E-state index in [2.05, 4.69) is 20.3 Å². The average molecular weight is 286 g/mol. The van der Waals surface area contributed by atoms with Crippen molar-refractivity contribution in [2.75, 3.05) is 32.1 Å². The van der Waals surface area contributed by atoms with Crippen molar-refractivity contribution in [1.82, 2.24) is 19.9 Å². The van der Waals surface area contributed by atoms with E-state index < -0.39 is 0 Å². The normalized spacial score (nSPS) is 14.5. The van der Waals surface area contributed by atoms with Gasteiger partial charge in [0.05, 0.1) is 7.11 Å². The van der Waals surface area contributed by atoms with Crippen LogP contribution in [0.5, 0.6) is 6.01 Å². The number of methoxy groups -OCH3 is 1. The molecule has 7 nitrogen and oxygen atoms in total. The number of halogens is 1. The quantitative estimate of drug-likeness (QED) is 0.868. The van der Waals surface area contributed by atoms with Gasteiger partial charge in [-0.2, -0.15) is 15.0 Å². The number of aromatic nitrogens is 3. The summed E-state index contributed by atoms with van der Waals surface area (Å²) in [4.78, 5) is 25.3. The highest BCUT2D eigenvalue weighted by Crippen LogP contribution is 2.11. The molecule has 0 spiro atoms. The van der Waals surface area contributed by atoms with Gasteiger partial charge in [-0.05, 0) is 24.4 Å². The van der Waals surface area contributed by atoms with Crippen molar-refractivity contribution in [2.24, 2.45) is 0 Å². The number of nitrogens with one attached hydrogen (secondary N) is 1. The summed E-state index contributed by atoms with van der Waals surface area (Å²) < 4.78 is 4.88. The summed E-state index contributed by atoms with van der Waals surface area (Å²) in [6.07, 6.45) is 2.60. The van der Waals surface area contributed by atoms with Gasteiger partial charge >= 0.3 is 6.01 Å². The predicted molar refractivity (Wildman–Crippen MR) is 70.3 cm³/mol. The van der Waals surface area contributed by atoms with Crippen molar-refractivity contribution in [3.8, 4) is 6.01 Å². The highest BCUT2D eigenvalue weighted by Gasteiger charge is 2.17. The fourth-order valence-corrected chi connectivity index (χ4v) is 2.06. The fraction of sp³-hybridized carbons (Fsp3) is 0.636. The Hall–Kier alpha value is -1.63. The number of carbonyl (C=O) groups excluding carboxylic acids is 1. The van der Waals surface area contributed by atoms with Gasteiger partial charge in [0, 0.05) is 26.1 Å². The van der Waals surface area contributed by atoms with E-state index in [9.17, 15) is 4.79 Å². The molecule has 1 aliphatic rings. The second-order valence-corrected chi connectivity index (χ2v) is 4.52. The van der Waals surface area contributed by atoms with Crippen LogP contribution in [-0.2, 0) is 4.79 Å². The van der Waals surface area contributed by atoms with Gasteiger partial charge in [-0.25, -0.2) is 0 Å². The lowest BCUT2D eigenvalue weighted by molar-refractivity contribution is -0.129. The number of amides is 1. The number of ether oxygens (including phenoxy) is 1. The van der Waals surface area contributed by atoms with Gasteiger partial charge < -0.3 is 15.0 Å². The molecule has 0 aromatic carbocycles. The summed E-state index contributed by atoms with van der Waals surface area (Å²) in [7, 11) is 1.45. The Morgan fingerprint density at radius 2 is 2.11 bits per heavy atom. The monoisotopic (exact) mass is 285 g/mol. The van der Waals surface area contributed by atoms with Crippen molar-refractivity contribution in [2.45, 2.75) is 19.3 Å². The van der Waals surface area contributed by atoms with Crippen molar-refractivity contribution >= 4 is 23.5 Å². The summed E-state index contributed by atoms with van der Waals surface area (Å²) in [5, 5.41) is 3.00. The van der Waals surface area contributed by atoms with Gasteiger partial charge in [0.2, 0.25) is 17.1 Å². The lowest BCUT2D eigenvalue weighted by Gasteiger charge is -2.15. The Balaban J connectivity index is 1.81. The number of rotatable bonds is 5. The maximum atomic E-state index is 11.8. The van der Waals surface area contributed by atoms with Gasteiger partial charge in [0.25, 0.3) is 0 Å². The van der Waals surface area contributed by atoms with E-state index in [1.54, 1.807) is 0 Å². The maximum absolute atomic E-state index is 11.8. The van der Waals surface area contributed by atoms with E-state index in [0.717, 1.165) is 25.9 Å². The molecule has 0 aliphatic carbocycles. The van der Waals surface area contributed by atoms with Crippen LogP contribution in [0.3, 0.4) is 0 Å². The highest BCUT2D eigenvalue weighted by atomic mass is 35.5. The van der Waals surface area contributed by atoms with Gasteiger partial charge in [0.15, 0.2) is 0 Å². The van der Waals surface area contributed by atoms with E-state index in [1.165, 1.54) is 7.11 Å². The van der Waals surface area contributed by atoms with E-state index in [-0.39, 0.29) is 17.2 Å². The number of nitrogens with zero attached hydrogens (tertiary/aromatic N) is 4. The van der Waals surface area contributed by atoms with Crippen molar-refractivity contribution < 1.29 is 9.53 Å². The first-order chi connectivity index (χ1) is 9.19. The zero-order valence-electron chi connectivity index (χ0n) is 10.7. The number of likely N-dealkylation sites (tertiary alicyclic amines) is 1. The SMILES string of the molecule is COc1nc(Cl)nc(NCCC(=O)N2CCCC2)n1. The van der Waals surface area contributed by atoms with Crippen molar-refractivity contribution in [1.29, 1.82) is 0 Å². The van der Waals surface area contributed by atoms with Crippen LogP contribution in [0.25, 0.3) is 0 Å². The standard InChI is InChI=1S/C11H16ClN5O2/c1-19-11-15-9(12)14-10(16-11)13-5-4-8(18)17-6-2-3-7-17/h2-7H2,1H3,(H,13,14,15,16). The molecule has 0 unspecified atom stereocenters. The molecule has 1 saturated heterocycles. The summed E-state index contributed by atoms with van der Waals surface area (Å²) >= 11 is 5.72. The second kappa shape index (κ2) is 6.51. The molecular weight excluding hydrogens is 270 g/mol. The van der Waals surface area contributed by atoms with Gasteiger partial charge in [-0.3, -0.25) is 4.79 Å². The third-order valence-electron chi connectivity index (χ3n) is 2.85. The fourth-order valence-electron chi connectivity index (χ4n) is 1.91. The highest BCUT2D eigenvalue weighted by molar-refractivity contribution is 6.28. The largest absolute Gasteiger partial charge is 0.467 e. The maximum Gasteiger partial charge on any atom is 0.322 e. The predicted octanol–water partition coefficient (Wildman–Crippen LogP) is 0.958. The molecule has 1 aliphatic heterocycles. The Morgan fingerprint density at radius 1 is 1.37 bits per heavy atom. The first-order valence-electron chi connectivity index (χ1n) is 6.16. The molecule has 1 aromatic rings. The Bertz CT molecular complexity index is 451. The molecule has 2 rings (SSSR count). The zero-order valence-corrected chi connectivity index (χ0v) is 11.5. The summed E-state index contributed by atoms with van der Waals surface area (Å²) in [5.74, 6) is 0.461. The molecule has 8 heteroatoms. The molecule has 104 valence electrons. The number of anilines is 1. The first-order valence-corrected chi connectivity index (χ1v) is 6.54. The van der Waals surface area contributed by atoms with Crippen LogP contribution in [0.2, 0.25) is 5.28 Å². The smallest absolute Gasteiger partial charge is 0.322 e. The molecule has 0 atom stereocenters. The zero-order chi connectivity index (χ0) is 13.7. The molecule has 0 saturated carbocycles. The number of carbonyl (C=O) groups is 1. The van der Waals surface area contributed by atoms with Crippen LogP contribution >= 0.6 is 11.6 Å². The molecule has 0 radical (unpaired) electrons. The Labute approximate surface area is 116 Å². The van der Waals surface area contributed by atoms with E-state index in [1.807, 2.05) is 4.90 Å². The summed E-state index contributed by atoms with van der Waals surface area (Å²) in [6, 6.07) is 0.147. The Morgan fingerprint density at radius 3 is 2.79 bits per heavy atom. The average Bonchev–Trinajstić information content (AvgIpc) is 2.92. The van der Waals surface area contributed by atoms with Crippen molar-refractivity contribution in [3.05, 3.63) is 5.28 Å². The van der Waals surface area contributed by atoms with Gasteiger partial charge in [0.1, 0.15) is 0 Å². The molecule has 1 N–H and O–H groups in total. The second-order valence-electron chi connectivity index (χ2n) is 4.18. The Kier molecular flexibility index (Phi) is 4.73. The lowest BCUT2D eigenvalue weighted by atomic mass is 10.3. The van der Waals surface area contributed by atoms with Gasteiger partial charge in [-0.15, -0.1) is 0 Å². The lowest BCUT2D eigenvalue weighted by Crippen LogP contribution is -2.29. The topological polar surface area (TPSA) is 80.2 Å². The number of hydrogen-bond donors (Lipinski definition) is 1. The third-order valence-corrected chi connectivity index (χ3v) is 3.02. The van der Waals surface area contributed by atoms with Crippen LogP contribution in [0.1, 0.15) is 19.3 Å². The van der Waals surface area contributed by atoms with Crippen LogP contribution in [0, 0.1) is 0 Å². The van der Waals surface area contributed by atoms with Crippen molar-refractivity contribution in [3.63, 3.8) is 0 Å².